The SMILES string of the molecule is Cc1ccc(S(=O)(=O)C(C)(C)c2ccccc2C[Si](C)(C)C)cc1. The Morgan fingerprint density at radius 1 is 0.917 bits per heavy atom. The van der Waals surface area contributed by atoms with Crippen LogP contribution in [0.2, 0.25) is 19.6 Å². The first kappa shape index (κ1) is 18.9. The molecule has 0 atom stereocenters. The third-order valence-electron chi connectivity index (χ3n) is 4.39. The van der Waals surface area contributed by atoms with E-state index in [0.29, 0.717) is 4.90 Å². The number of benzene rings is 2. The summed E-state index contributed by atoms with van der Waals surface area (Å²) in [7, 11) is -4.82. The van der Waals surface area contributed by atoms with E-state index in [-0.39, 0.29) is 0 Å². The maximum absolute atomic E-state index is 13.3. The lowest BCUT2D eigenvalue weighted by atomic mass is 9.97. The van der Waals surface area contributed by atoms with E-state index in [0.717, 1.165) is 22.7 Å². The monoisotopic (exact) mass is 360 g/mol. The van der Waals surface area contributed by atoms with Crippen LogP contribution in [0.3, 0.4) is 0 Å². The maximum Gasteiger partial charge on any atom is 0.187 e. The van der Waals surface area contributed by atoms with Gasteiger partial charge in [0.25, 0.3) is 0 Å². The van der Waals surface area contributed by atoms with Crippen LogP contribution in [0.4, 0.5) is 0 Å². The summed E-state index contributed by atoms with van der Waals surface area (Å²) in [4.78, 5) is 0.390. The van der Waals surface area contributed by atoms with E-state index in [1.165, 1.54) is 0 Å². The molecule has 24 heavy (non-hydrogen) atoms. The van der Waals surface area contributed by atoms with E-state index < -0.39 is 22.7 Å². The normalized spacial score (nSPS) is 13.1. The second-order valence-corrected chi connectivity index (χ2v) is 16.2. The van der Waals surface area contributed by atoms with Gasteiger partial charge in [0.15, 0.2) is 9.84 Å². The van der Waals surface area contributed by atoms with Crippen LogP contribution in [-0.2, 0) is 20.6 Å². The Labute approximate surface area is 147 Å². The van der Waals surface area contributed by atoms with Crippen molar-refractivity contribution in [3.63, 3.8) is 0 Å². The minimum absolute atomic E-state index is 0.390. The molecule has 0 unspecified atom stereocenters. The van der Waals surface area contributed by atoms with Crippen molar-refractivity contribution >= 4 is 17.9 Å². The van der Waals surface area contributed by atoms with Crippen LogP contribution < -0.4 is 0 Å². The highest BCUT2D eigenvalue weighted by Gasteiger charge is 2.39. The lowest BCUT2D eigenvalue weighted by Gasteiger charge is -2.29. The summed E-state index contributed by atoms with van der Waals surface area (Å²) in [6, 6.07) is 16.1. The summed E-state index contributed by atoms with van der Waals surface area (Å²) < 4.78 is 25.6. The number of hydrogen-bond acceptors (Lipinski definition) is 2. The van der Waals surface area contributed by atoms with E-state index in [4.69, 9.17) is 0 Å². The molecule has 2 aromatic carbocycles. The van der Waals surface area contributed by atoms with Crippen LogP contribution in [0.15, 0.2) is 53.4 Å². The standard InChI is InChI=1S/C20H28O2SSi/c1-16-11-13-18(14-12-16)23(21,22)20(2,3)19-10-8-7-9-17(19)15-24(4,5)6/h7-14H,15H2,1-6H3. The molecule has 2 aromatic rings. The van der Waals surface area contributed by atoms with Crippen LogP contribution >= 0.6 is 0 Å². The van der Waals surface area contributed by atoms with Crippen molar-refractivity contribution in [1.82, 2.24) is 0 Å². The van der Waals surface area contributed by atoms with Crippen LogP contribution in [-0.4, -0.2) is 16.5 Å². The van der Waals surface area contributed by atoms with Gasteiger partial charge in [0.1, 0.15) is 0 Å². The van der Waals surface area contributed by atoms with Crippen molar-refractivity contribution in [3.05, 3.63) is 65.2 Å². The average molecular weight is 361 g/mol. The first-order chi connectivity index (χ1) is 10.9. The molecular formula is C20H28O2SSi. The third-order valence-corrected chi connectivity index (χ3v) is 8.29. The topological polar surface area (TPSA) is 34.1 Å². The zero-order valence-corrected chi connectivity index (χ0v) is 17.4. The molecule has 0 fully saturated rings. The molecule has 2 nitrogen and oxygen atoms in total. The van der Waals surface area contributed by atoms with Gasteiger partial charge in [-0.1, -0.05) is 61.6 Å². The summed E-state index contributed by atoms with van der Waals surface area (Å²) in [5.41, 5.74) is 3.15. The van der Waals surface area contributed by atoms with Gasteiger partial charge in [0.2, 0.25) is 0 Å². The molecule has 0 aliphatic rings. The Morgan fingerprint density at radius 3 is 2.00 bits per heavy atom. The maximum atomic E-state index is 13.3. The summed E-state index contributed by atoms with van der Waals surface area (Å²) >= 11 is 0. The van der Waals surface area contributed by atoms with Crippen LogP contribution in [0.5, 0.6) is 0 Å². The molecular weight excluding hydrogens is 332 g/mol. The van der Waals surface area contributed by atoms with Gasteiger partial charge in [-0.15, -0.1) is 0 Å². The van der Waals surface area contributed by atoms with Gasteiger partial charge in [-0.3, -0.25) is 0 Å². The van der Waals surface area contributed by atoms with E-state index in [1.807, 2.05) is 51.1 Å². The predicted octanol–water partition coefficient (Wildman–Crippen LogP) is 5.12. The fourth-order valence-electron chi connectivity index (χ4n) is 2.99. The van der Waals surface area contributed by atoms with Crippen LogP contribution in [0.25, 0.3) is 0 Å². The molecule has 0 N–H and O–H groups in total. The highest BCUT2D eigenvalue weighted by atomic mass is 32.2. The van der Waals surface area contributed by atoms with Crippen molar-refractivity contribution < 1.29 is 8.42 Å². The minimum atomic E-state index is -3.47. The van der Waals surface area contributed by atoms with Gasteiger partial charge in [0, 0.05) is 8.07 Å². The Morgan fingerprint density at radius 2 is 1.46 bits per heavy atom. The highest BCUT2D eigenvalue weighted by molar-refractivity contribution is 7.92. The smallest absolute Gasteiger partial charge is 0.187 e. The Bertz CT molecular complexity index is 813. The van der Waals surface area contributed by atoms with Gasteiger partial charge < -0.3 is 0 Å². The van der Waals surface area contributed by atoms with Crippen molar-refractivity contribution in [2.45, 2.75) is 56.1 Å². The molecule has 0 aromatic heterocycles. The van der Waals surface area contributed by atoms with Gasteiger partial charge >= 0.3 is 0 Å². The van der Waals surface area contributed by atoms with Crippen molar-refractivity contribution in [3.8, 4) is 0 Å². The number of aryl methyl sites for hydroxylation is 1. The second-order valence-electron chi connectivity index (χ2n) is 8.22. The molecule has 0 bridgehead atoms. The molecule has 0 spiro atoms. The summed E-state index contributed by atoms with van der Waals surface area (Å²) in [5.74, 6) is 0. The quantitative estimate of drug-likeness (QED) is 0.693. The van der Waals surface area contributed by atoms with Gasteiger partial charge in [-0.05, 0) is 50.1 Å². The highest BCUT2D eigenvalue weighted by Crippen LogP contribution is 2.37. The van der Waals surface area contributed by atoms with Crippen LogP contribution in [0.1, 0.15) is 30.5 Å². The first-order valence-corrected chi connectivity index (χ1v) is 13.5. The molecule has 0 amide bonds. The Hall–Kier alpha value is -1.39. The van der Waals surface area contributed by atoms with E-state index in [9.17, 15) is 8.42 Å². The largest absolute Gasteiger partial charge is 0.223 e. The molecule has 130 valence electrons. The summed E-state index contributed by atoms with van der Waals surface area (Å²) in [5, 5.41) is 0. The van der Waals surface area contributed by atoms with Gasteiger partial charge in [-0.2, -0.15) is 0 Å². The molecule has 0 aliphatic heterocycles. The van der Waals surface area contributed by atoms with Gasteiger partial charge in [0.05, 0.1) is 9.64 Å². The molecule has 0 aliphatic carbocycles. The molecule has 0 heterocycles. The zero-order chi connectivity index (χ0) is 18.2. The Kier molecular flexibility index (Phi) is 5.12. The minimum Gasteiger partial charge on any atom is -0.223 e. The lowest BCUT2D eigenvalue weighted by Crippen LogP contribution is -2.33. The average Bonchev–Trinajstić information content (AvgIpc) is 2.46. The molecule has 4 heteroatoms. The summed E-state index contributed by atoms with van der Waals surface area (Å²) in [6.45, 7) is 12.5. The number of rotatable bonds is 5. The fourth-order valence-corrected chi connectivity index (χ4v) is 6.01. The first-order valence-electron chi connectivity index (χ1n) is 8.35. The molecule has 0 radical (unpaired) electrons. The number of hydrogen-bond donors (Lipinski definition) is 0. The summed E-state index contributed by atoms with van der Waals surface area (Å²) in [6.07, 6.45) is 0. The lowest BCUT2D eigenvalue weighted by molar-refractivity contribution is 0.554. The predicted molar refractivity (Wildman–Crippen MR) is 105 cm³/mol. The van der Waals surface area contributed by atoms with Crippen LogP contribution in [0, 0.1) is 6.92 Å². The van der Waals surface area contributed by atoms with E-state index >= 15 is 0 Å². The van der Waals surface area contributed by atoms with Crippen molar-refractivity contribution in [2.75, 3.05) is 0 Å². The molecule has 0 saturated carbocycles. The van der Waals surface area contributed by atoms with E-state index in [1.54, 1.807) is 12.1 Å². The van der Waals surface area contributed by atoms with E-state index in [2.05, 4.69) is 25.7 Å². The van der Waals surface area contributed by atoms with Crippen molar-refractivity contribution in [1.29, 1.82) is 0 Å². The Balaban J connectivity index is 2.56. The second kappa shape index (κ2) is 6.49. The fraction of sp³-hybridized carbons (Fsp3) is 0.400. The van der Waals surface area contributed by atoms with Crippen molar-refractivity contribution in [2.24, 2.45) is 0 Å². The van der Waals surface area contributed by atoms with Gasteiger partial charge in [-0.25, -0.2) is 8.42 Å². The molecule has 2 rings (SSSR count). The zero-order valence-electron chi connectivity index (χ0n) is 15.6. The third kappa shape index (κ3) is 3.81. The number of sulfone groups is 1. The molecule has 0 saturated heterocycles.